The Hall–Kier alpha value is -3.91. The number of pyridine rings is 1. The van der Waals surface area contributed by atoms with E-state index in [1.165, 1.54) is 0 Å². The number of fused-ring (bicyclic) bond motifs is 2. The molecule has 0 bridgehead atoms. The van der Waals surface area contributed by atoms with Crippen LogP contribution >= 0.6 is 0 Å². The topological polar surface area (TPSA) is 123 Å². The van der Waals surface area contributed by atoms with Crippen molar-refractivity contribution in [2.75, 3.05) is 26.8 Å². The minimum atomic E-state index is -1.97. The predicted octanol–water partition coefficient (Wildman–Crippen LogP) is 7.55. The van der Waals surface area contributed by atoms with Crippen LogP contribution in [0.5, 0.6) is 5.88 Å². The van der Waals surface area contributed by atoms with E-state index in [0.29, 0.717) is 31.3 Å². The molecule has 0 saturated carbocycles. The quantitative estimate of drug-likeness (QED) is 0.103. The Morgan fingerprint density at radius 1 is 1.08 bits per heavy atom. The Balaban J connectivity index is 1.48. The SMILES string of the molecule is CNC[C@H](C)Oc1c(-c2cc3c(-c4ccc5c(c4)c(C=O)nn5[C@@H](C)CO[Si](C)(C)C(C)(C)C)nn(C4CCCCO4)c3c(C)n2)c(C)nn1C. The molecule has 12 nitrogen and oxygen atoms in total. The van der Waals surface area contributed by atoms with Gasteiger partial charge in [0.05, 0.1) is 46.3 Å². The molecular formula is C38H54N8O4Si. The maximum absolute atomic E-state index is 12.4. The first-order valence-corrected chi connectivity index (χ1v) is 21.0. The fourth-order valence-electron chi connectivity index (χ4n) is 6.75. The molecule has 6 rings (SSSR count). The van der Waals surface area contributed by atoms with E-state index in [9.17, 15) is 4.79 Å². The van der Waals surface area contributed by atoms with Gasteiger partial charge < -0.3 is 19.2 Å². The third kappa shape index (κ3) is 7.00. The lowest BCUT2D eigenvalue weighted by atomic mass is 10.0. The van der Waals surface area contributed by atoms with Gasteiger partial charge in [-0.25, -0.2) is 9.36 Å². The molecule has 1 unspecified atom stereocenters. The van der Waals surface area contributed by atoms with Gasteiger partial charge in [0.15, 0.2) is 20.8 Å². The van der Waals surface area contributed by atoms with Crippen LogP contribution in [0.2, 0.25) is 18.1 Å². The summed E-state index contributed by atoms with van der Waals surface area (Å²) in [4.78, 5) is 17.6. The largest absolute Gasteiger partial charge is 0.473 e. The molecule has 51 heavy (non-hydrogen) atoms. The number of rotatable bonds is 12. The fraction of sp³-hybridized carbons (Fsp3) is 0.553. The number of hydrogen-bond acceptors (Lipinski definition) is 9. The van der Waals surface area contributed by atoms with E-state index in [1.807, 2.05) is 56.4 Å². The molecule has 5 heterocycles. The Bertz CT molecular complexity index is 2050. The van der Waals surface area contributed by atoms with Gasteiger partial charge in [-0.05, 0) is 90.3 Å². The average Bonchev–Trinajstić information content (AvgIpc) is 3.74. The molecule has 1 aliphatic heterocycles. The van der Waals surface area contributed by atoms with Crippen LogP contribution in [-0.2, 0) is 16.2 Å². The van der Waals surface area contributed by atoms with Gasteiger partial charge in [-0.1, -0.05) is 26.8 Å². The highest BCUT2D eigenvalue weighted by atomic mass is 28.4. The summed E-state index contributed by atoms with van der Waals surface area (Å²) in [6, 6.07) is 8.19. The number of aryl methyl sites for hydroxylation is 3. The number of hydrogen-bond donors (Lipinski definition) is 1. The number of nitrogens with one attached hydrogen (secondary N) is 1. The standard InChI is InChI=1S/C38H54N8O4Si/c1-23(22-49-51(10,11)38(5,6)7)45-32-16-15-27(18-28(32)31(21-47)42-45)35-29-19-30(34-25(3)41-44(9)37(34)50-24(2)20-39-8)40-26(4)36(29)46(43-35)33-14-12-13-17-48-33/h15-16,18-19,21,23-24,33,39H,12-14,17,20,22H2,1-11H3/t23-,24-,33?/m0/s1. The molecule has 0 aliphatic carbocycles. The van der Waals surface area contributed by atoms with Crippen LogP contribution < -0.4 is 10.1 Å². The van der Waals surface area contributed by atoms with Crippen molar-refractivity contribution in [3.05, 3.63) is 41.3 Å². The summed E-state index contributed by atoms with van der Waals surface area (Å²) in [7, 11) is 1.84. The zero-order valence-corrected chi connectivity index (χ0v) is 33.1. The second-order valence-corrected chi connectivity index (χ2v) is 20.4. The molecule has 1 N–H and O–H groups in total. The highest BCUT2D eigenvalue weighted by molar-refractivity contribution is 6.74. The molecule has 3 atom stereocenters. The Morgan fingerprint density at radius 3 is 2.51 bits per heavy atom. The molecule has 5 aromatic rings. The van der Waals surface area contributed by atoms with Crippen LogP contribution in [0.15, 0.2) is 24.3 Å². The number of ether oxygens (including phenoxy) is 2. The highest BCUT2D eigenvalue weighted by Crippen LogP contribution is 2.41. The lowest BCUT2D eigenvalue weighted by Crippen LogP contribution is -2.42. The molecule has 1 aromatic carbocycles. The number of likely N-dealkylation sites (N-methyl/N-ethyl adjacent to an activating group) is 1. The summed E-state index contributed by atoms with van der Waals surface area (Å²) in [6.07, 6.45) is 3.55. The monoisotopic (exact) mass is 714 g/mol. The van der Waals surface area contributed by atoms with E-state index < -0.39 is 8.32 Å². The van der Waals surface area contributed by atoms with Crippen LogP contribution in [0.1, 0.15) is 88.0 Å². The van der Waals surface area contributed by atoms with Gasteiger partial charge in [0, 0.05) is 36.5 Å². The molecule has 1 saturated heterocycles. The van der Waals surface area contributed by atoms with Crippen LogP contribution in [-0.4, -0.2) is 81.8 Å². The summed E-state index contributed by atoms with van der Waals surface area (Å²) in [5.74, 6) is 0.669. The maximum Gasteiger partial charge on any atom is 0.221 e. The lowest BCUT2D eigenvalue weighted by molar-refractivity contribution is -0.0366. The van der Waals surface area contributed by atoms with Crippen LogP contribution in [0.4, 0.5) is 0 Å². The Kier molecular flexibility index (Phi) is 10.3. The maximum atomic E-state index is 12.4. The van der Waals surface area contributed by atoms with E-state index in [0.717, 1.165) is 81.3 Å². The number of aromatic nitrogens is 7. The first kappa shape index (κ1) is 36.9. The van der Waals surface area contributed by atoms with Gasteiger partial charge in [-0.2, -0.15) is 15.3 Å². The molecule has 1 fully saturated rings. The first-order chi connectivity index (χ1) is 24.1. The second kappa shape index (κ2) is 14.2. The van der Waals surface area contributed by atoms with Crippen molar-refractivity contribution in [3.63, 3.8) is 0 Å². The summed E-state index contributed by atoms with van der Waals surface area (Å²) >= 11 is 0. The number of carbonyl (C=O) groups excluding carboxylic acids is 1. The van der Waals surface area contributed by atoms with E-state index >= 15 is 0 Å². The molecule has 0 spiro atoms. The van der Waals surface area contributed by atoms with Crippen molar-refractivity contribution in [1.29, 1.82) is 0 Å². The van der Waals surface area contributed by atoms with E-state index in [2.05, 4.69) is 58.2 Å². The molecule has 13 heteroatoms. The third-order valence-electron chi connectivity index (χ3n) is 10.5. The van der Waals surface area contributed by atoms with Crippen LogP contribution in [0.3, 0.4) is 0 Å². The summed E-state index contributed by atoms with van der Waals surface area (Å²) in [6.45, 7) is 21.3. The van der Waals surface area contributed by atoms with Crippen molar-refractivity contribution < 1.29 is 18.7 Å². The fourth-order valence-corrected chi connectivity index (χ4v) is 7.84. The van der Waals surface area contributed by atoms with Crippen LogP contribution in [0, 0.1) is 13.8 Å². The average molecular weight is 715 g/mol. The van der Waals surface area contributed by atoms with Gasteiger partial charge in [-0.15, -0.1) is 0 Å². The lowest BCUT2D eigenvalue weighted by Gasteiger charge is -2.37. The second-order valence-electron chi connectivity index (χ2n) is 15.6. The highest BCUT2D eigenvalue weighted by Gasteiger charge is 2.37. The molecule has 274 valence electrons. The van der Waals surface area contributed by atoms with Crippen molar-refractivity contribution in [1.82, 2.24) is 39.6 Å². The van der Waals surface area contributed by atoms with Gasteiger partial charge in [-0.3, -0.25) is 14.5 Å². The number of benzene rings is 1. The Morgan fingerprint density at radius 2 is 1.84 bits per heavy atom. The molecule has 4 aromatic heterocycles. The third-order valence-corrected chi connectivity index (χ3v) is 15.0. The number of aldehydes is 1. The molecule has 1 aliphatic rings. The minimum Gasteiger partial charge on any atom is -0.473 e. The minimum absolute atomic E-state index is 0.0593. The normalized spacial score (nSPS) is 17.0. The smallest absolute Gasteiger partial charge is 0.221 e. The van der Waals surface area contributed by atoms with E-state index in [1.54, 1.807) is 4.68 Å². The van der Waals surface area contributed by atoms with Gasteiger partial charge in [0.2, 0.25) is 5.88 Å². The summed E-state index contributed by atoms with van der Waals surface area (Å²) in [5, 5.41) is 19.7. The zero-order valence-electron chi connectivity index (χ0n) is 32.1. The van der Waals surface area contributed by atoms with Crippen LogP contribution in [0.25, 0.3) is 44.3 Å². The zero-order chi connectivity index (χ0) is 36.8. The molecular weight excluding hydrogens is 661 g/mol. The molecule has 0 amide bonds. The van der Waals surface area contributed by atoms with Crippen molar-refractivity contribution in [2.24, 2.45) is 7.05 Å². The van der Waals surface area contributed by atoms with Crippen molar-refractivity contribution in [2.45, 2.75) is 104 Å². The van der Waals surface area contributed by atoms with Gasteiger partial charge >= 0.3 is 0 Å². The summed E-state index contributed by atoms with van der Waals surface area (Å²) < 4.78 is 25.0. The number of nitrogens with zero attached hydrogens (tertiary/aromatic N) is 7. The predicted molar refractivity (Wildman–Crippen MR) is 204 cm³/mol. The van der Waals surface area contributed by atoms with E-state index in [4.69, 9.17) is 34.2 Å². The molecule has 0 radical (unpaired) electrons. The van der Waals surface area contributed by atoms with Crippen molar-refractivity contribution >= 4 is 36.4 Å². The number of carbonyl (C=O) groups is 1. The Labute approximate surface area is 302 Å². The van der Waals surface area contributed by atoms with Gasteiger partial charge in [0.1, 0.15) is 17.5 Å². The summed E-state index contributed by atoms with van der Waals surface area (Å²) in [5.41, 5.74) is 7.17. The van der Waals surface area contributed by atoms with E-state index in [-0.39, 0.29) is 23.4 Å². The van der Waals surface area contributed by atoms with Gasteiger partial charge in [0.25, 0.3) is 0 Å². The van der Waals surface area contributed by atoms with Crippen molar-refractivity contribution in [3.8, 4) is 28.4 Å². The first-order valence-electron chi connectivity index (χ1n) is 18.1.